The van der Waals surface area contributed by atoms with Crippen LogP contribution in [0, 0.1) is 19.8 Å². The Balaban J connectivity index is 2.00. The summed E-state index contributed by atoms with van der Waals surface area (Å²) in [4.78, 5) is 14.5. The molecule has 1 saturated heterocycles. The molecule has 0 spiro atoms. The third kappa shape index (κ3) is 3.43. The van der Waals surface area contributed by atoms with Gasteiger partial charge in [0, 0.05) is 12.1 Å². The standard InChI is InChI=1S/C16H23NO2/c1-11-4-5-12(2)15(8-11)16(19)10-17-7-6-14(9-17)13(3)18/h4-5,8,13-14,18H,6-7,9-10H2,1-3H3. The van der Waals surface area contributed by atoms with E-state index in [-0.39, 0.29) is 11.9 Å². The second-order valence-corrected chi connectivity index (χ2v) is 5.77. The molecule has 2 rings (SSSR count). The number of nitrogens with zero attached hydrogens (tertiary/aromatic N) is 1. The van der Waals surface area contributed by atoms with E-state index >= 15 is 0 Å². The summed E-state index contributed by atoms with van der Waals surface area (Å²) in [5.74, 6) is 0.499. The van der Waals surface area contributed by atoms with Crippen LogP contribution in [0.5, 0.6) is 0 Å². The van der Waals surface area contributed by atoms with Crippen molar-refractivity contribution < 1.29 is 9.90 Å². The maximum absolute atomic E-state index is 12.3. The van der Waals surface area contributed by atoms with Crippen LogP contribution in [0.2, 0.25) is 0 Å². The summed E-state index contributed by atoms with van der Waals surface area (Å²) in [6, 6.07) is 6.01. The zero-order valence-electron chi connectivity index (χ0n) is 12.0. The summed E-state index contributed by atoms with van der Waals surface area (Å²) in [5.41, 5.74) is 3.00. The Hall–Kier alpha value is -1.19. The third-order valence-corrected chi connectivity index (χ3v) is 4.05. The predicted molar refractivity (Wildman–Crippen MR) is 76.5 cm³/mol. The fourth-order valence-electron chi connectivity index (χ4n) is 2.72. The van der Waals surface area contributed by atoms with Gasteiger partial charge in [0.2, 0.25) is 0 Å². The number of carbonyl (C=O) groups is 1. The number of rotatable bonds is 4. The number of aliphatic hydroxyl groups excluding tert-OH is 1. The topological polar surface area (TPSA) is 40.5 Å². The Morgan fingerprint density at radius 1 is 1.47 bits per heavy atom. The molecule has 3 nitrogen and oxygen atoms in total. The SMILES string of the molecule is Cc1ccc(C)c(C(=O)CN2CCC(C(C)O)C2)c1. The van der Waals surface area contributed by atoms with Crippen molar-refractivity contribution in [2.24, 2.45) is 5.92 Å². The largest absolute Gasteiger partial charge is 0.393 e. The average molecular weight is 261 g/mol. The molecule has 1 aromatic rings. The van der Waals surface area contributed by atoms with E-state index in [0.717, 1.165) is 36.2 Å². The van der Waals surface area contributed by atoms with Gasteiger partial charge in [-0.3, -0.25) is 9.69 Å². The van der Waals surface area contributed by atoms with E-state index in [1.54, 1.807) is 0 Å². The van der Waals surface area contributed by atoms with Gasteiger partial charge >= 0.3 is 0 Å². The Kier molecular flexibility index (Phi) is 4.38. The van der Waals surface area contributed by atoms with Gasteiger partial charge < -0.3 is 5.11 Å². The highest BCUT2D eigenvalue weighted by Gasteiger charge is 2.27. The molecule has 3 heteroatoms. The van der Waals surface area contributed by atoms with Crippen LogP contribution in [0.1, 0.15) is 34.8 Å². The Morgan fingerprint density at radius 3 is 2.84 bits per heavy atom. The van der Waals surface area contributed by atoms with Crippen molar-refractivity contribution in [1.82, 2.24) is 4.90 Å². The first kappa shape index (κ1) is 14.2. The molecule has 1 heterocycles. The summed E-state index contributed by atoms with van der Waals surface area (Å²) in [6.45, 7) is 8.03. The molecule has 1 aliphatic heterocycles. The molecule has 2 unspecified atom stereocenters. The van der Waals surface area contributed by atoms with Crippen molar-refractivity contribution >= 4 is 5.78 Å². The minimum absolute atomic E-state index is 0.187. The number of aryl methyl sites for hydroxylation is 2. The van der Waals surface area contributed by atoms with E-state index in [1.807, 2.05) is 39.0 Å². The number of aliphatic hydroxyl groups is 1. The molecule has 0 saturated carbocycles. The van der Waals surface area contributed by atoms with Gasteiger partial charge in [-0.15, -0.1) is 0 Å². The molecule has 1 aromatic carbocycles. The Bertz CT molecular complexity index is 468. The number of benzene rings is 1. The van der Waals surface area contributed by atoms with Crippen LogP contribution in [-0.2, 0) is 0 Å². The number of likely N-dealkylation sites (tertiary alicyclic amines) is 1. The highest BCUT2D eigenvalue weighted by molar-refractivity contribution is 5.99. The highest BCUT2D eigenvalue weighted by Crippen LogP contribution is 2.20. The van der Waals surface area contributed by atoms with Crippen LogP contribution in [0.25, 0.3) is 0 Å². The van der Waals surface area contributed by atoms with Crippen LogP contribution in [-0.4, -0.2) is 41.5 Å². The number of hydrogen-bond donors (Lipinski definition) is 1. The van der Waals surface area contributed by atoms with E-state index in [9.17, 15) is 9.90 Å². The quantitative estimate of drug-likeness (QED) is 0.845. The van der Waals surface area contributed by atoms with Crippen LogP contribution in [0.4, 0.5) is 0 Å². The highest BCUT2D eigenvalue weighted by atomic mass is 16.3. The van der Waals surface area contributed by atoms with Crippen molar-refractivity contribution in [1.29, 1.82) is 0 Å². The maximum Gasteiger partial charge on any atom is 0.177 e. The zero-order valence-corrected chi connectivity index (χ0v) is 12.0. The molecule has 0 radical (unpaired) electrons. The molecule has 0 aliphatic carbocycles. The summed E-state index contributed by atoms with van der Waals surface area (Å²) < 4.78 is 0. The summed E-state index contributed by atoms with van der Waals surface area (Å²) in [6.07, 6.45) is 0.707. The molecule has 0 bridgehead atoms. The van der Waals surface area contributed by atoms with Crippen LogP contribution in [0.15, 0.2) is 18.2 Å². The monoisotopic (exact) mass is 261 g/mol. The van der Waals surface area contributed by atoms with Crippen LogP contribution < -0.4 is 0 Å². The van der Waals surface area contributed by atoms with Crippen molar-refractivity contribution in [3.05, 3.63) is 34.9 Å². The molecule has 1 aliphatic rings. The van der Waals surface area contributed by atoms with Crippen LogP contribution in [0.3, 0.4) is 0 Å². The third-order valence-electron chi connectivity index (χ3n) is 4.05. The average Bonchev–Trinajstić information content (AvgIpc) is 2.80. The maximum atomic E-state index is 12.3. The normalized spacial score (nSPS) is 21.6. The molecule has 0 amide bonds. The number of Topliss-reactive ketones (excluding diaryl/α,β-unsaturated/α-hetero) is 1. The van der Waals surface area contributed by atoms with Crippen molar-refractivity contribution in [3.8, 4) is 0 Å². The van der Waals surface area contributed by atoms with E-state index in [2.05, 4.69) is 4.90 Å². The van der Waals surface area contributed by atoms with E-state index in [1.165, 1.54) is 0 Å². The first-order valence-corrected chi connectivity index (χ1v) is 6.98. The minimum atomic E-state index is -0.277. The molecule has 104 valence electrons. The van der Waals surface area contributed by atoms with E-state index in [4.69, 9.17) is 0 Å². The fraction of sp³-hybridized carbons (Fsp3) is 0.562. The molecular weight excluding hydrogens is 238 g/mol. The lowest BCUT2D eigenvalue weighted by atomic mass is 10.0. The molecule has 19 heavy (non-hydrogen) atoms. The molecule has 1 fully saturated rings. The molecule has 2 atom stereocenters. The van der Waals surface area contributed by atoms with E-state index in [0.29, 0.717) is 12.5 Å². The van der Waals surface area contributed by atoms with Gasteiger partial charge in [0.25, 0.3) is 0 Å². The van der Waals surface area contributed by atoms with Gasteiger partial charge in [-0.25, -0.2) is 0 Å². The summed E-state index contributed by atoms with van der Waals surface area (Å²) in [7, 11) is 0. The zero-order chi connectivity index (χ0) is 14.0. The van der Waals surface area contributed by atoms with Gasteiger partial charge in [0.05, 0.1) is 12.6 Å². The lowest BCUT2D eigenvalue weighted by Crippen LogP contribution is -2.29. The number of carbonyl (C=O) groups excluding carboxylic acids is 1. The minimum Gasteiger partial charge on any atom is -0.393 e. The van der Waals surface area contributed by atoms with Crippen molar-refractivity contribution in [2.45, 2.75) is 33.3 Å². The Labute approximate surface area is 115 Å². The molecule has 1 N–H and O–H groups in total. The first-order chi connectivity index (χ1) is 8.97. The van der Waals surface area contributed by atoms with Gasteiger partial charge in [-0.2, -0.15) is 0 Å². The smallest absolute Gasteiger partial charge is 0.177 e. The lowest BCUT2D eigenvalue weighted by molar-refractivity contribution is 0.0925. The predicted octanol–water partition coefficient (Wildman–Crippen LogP) is 2.19. The summed E-state index contributed by atoms with van der Waals surface area (Å²) in [5, 5.41) is 9.59. The summed E-state index contributed by atoms with van der Waals surface area (Å²) >= 11 is 0. The second-order valence-electron chi connectivity index (χ2n) is 5.77. The van der Waals surface area contributed by atoms with Gasteiger partial charge in [0.15, 0.2) is 5.78 Å². The Morgan fingerprint density at radius 2 is 2.21 bits per heavy atom. The van der Waals surface area contributed by atoms with Gasteiger partial charge in [-0.1, -0.05) is 17.7 Å². The van der Waals surface area contributed by atoms with Crippen molar-refractivity contribution in [2.75, 3.05) is 19.6 Å². The van der Waals surface area contributed by atoms with Crippen molar-refractivity contribution in [3.63, 3.8) is 0 Å². The number of ketones is 1. The lowest BCUT2D eigenvalue weighted by Gasteiger charge is -2.17. The fourth-order valence-corrected chi connectivity index (χ4v) is 2.72. The number of hydrogen-bond acceptors (Lipinski definition) is 3. The van der Waals surface area contributed by atoms with Gasteiger partial charge in [0.1, 0.15) is 0 Å². The second kappa shape index (κ2) is 5.85. The molecule has 0 aromatic heterocycles. The van der Waals surface area contributed by atoms with E-state index < -0.39 is 0 Å². The first-order valence-electron chi connectivity index (χ1n) is 6.98. The van der Waals surface area contributed by atoms with Crippen LogP contribution >= 0.6 is 0 Å². The molecular formula is C16H23NO2. The van der Waals surface area contributed by atoms with Gasteiger partial charge in [-0.05, 0) is 51.3 Å².